The molecule has 0 aliphatic carbocycles. The second-order valence-corrected chi connectivity index (χ2v) is 10.1. The van der Waals surface area contributed by atoms with E-state index in [1.807, 2.05) is 12.1 Å². The van der Waals surface area contributed by atoms with Crippen molar-refractivity contribution in [3.63, 3.8) is 0 Å². The van der Waals surface area contributed by atoms with Gasteiger partial charge in [-0.05, 0) is 30.3 Å². The normalized spacial score (nSPS) is 17.5. The lowest BCUT2D eigenvalue weighted by Gasteiger charge is -2.37. The van der Waals surface area contributed by atoms with Crippen LogP contribution in [0.5, 0.6) is 5.75 Å². The maximum atomic E-state index is 13.2. The van der Waals surface area contributed by atoms with Crippen LogP contribution in [0.4, 0.5) is 24.5 Å². The van der Waals surface area contributed by atoms with Crippen molar-refractivity contribution in [3.05, 3.63) is 62.1 Å². The molecule has 2 aliphatic rings. The summed E-state index contributed by atoms with van der Waals surface area (Å²) in [6, 6.07) is 8.22. The highest BCUT2D eigenvalue weighted by molar-refractivity contribution is 6.42. The van der Waals surface area contributed by atoms with E-state index in [1.165, 1.54) is 6.07 Å². The van der Waals surface area contributed by atoms with Crippen molar-refractivity contribution >= 4 is 40.5 Å². The number of ether oxygens (including phenoxy) is 1. The molecule has 2 aliphatic heterocycles. The summed E-state index contributed by atoms with van der Waals surface area (Å²) < 4.78 is 45.3. The number of rotatable bonds is 7. The molecule has 13 heteroatoms. The number of likely N-dealkylation sites (tertiary alicyclic amines) is 1. The first-order chi connectivity index (χ1) is 18.0. The van der Waals surface area contributed by atoms with Crippen molar-refractivity contribution in [1.82, 2.24) is 9.80 Å². The Bertz CT molecular complexity index is 1170. The van der Waals surface area contributed by atoms with E-state index in [9.17, 15) is 28.1 Å². The molecule has 2 aromatic carbocycles. The van der Waals surface area contributed by atoms with Gasteiger partial charge in [-0.1, -0.05) is 23.2 Å². The molecule has 4 rings (SSSR count). The van der Waals surface area contributed by atoms with Crippen molar-refractivity contribution in [2.75, 3.05) is 50.7 Å². The number of piperazine rings is 1. The predicted octanol–water partition coefficient (Wildman–Crippen LogP) is 5.50. The fourth-order valence-corrected chi connectivity index (χ4v) is 5.01. The maximum Gasteiger partial charge on any atom is 0.423 e. The van der Waals surface area contributed by atoms with Crippen molar-refractivity contribution in [2.45, 2.75) is 31.5 Å². The summed E-state index contributed by atoms with van der Waals surface area (Å²) in [5.41, 5.74) is -1.34. The molecular formula is C25H27Cl2F3N4O4. The molecule has 2 saturated heterocycles. The molecule has 0 N–H and O–H groups in total. The van der Waals surface area contributed by atoms with Crippen molar-refractivity contribution in [1.29, 1.82) is 0 Å². The molecule has 206 valence electrons. The van der Waals surface area contributed by atoms with Gasteiger partial charge in [0.25, 0.3) is 5.69 Å². The van der Waals surface area contributed by atoms with Gasteiger partial charge in [0.1, 0.15) is 17.4 Å². The maximum absolute atomic E-state index is 13.2. The van der Waals surface area contributed by atoms with Crippen molar-refractivity contribution in [2.24, 2.45) is 0 Å². The van der Waals surface area contributed by atoms with Gasteiger partial charge in [-0.3, -0.25) is 19.8 Å². The molecule has 2 aromatic rings. The predicted molar refractivity (Wildman–Crippen MR) is 138 cm³/mol. The summed E-state index contributed by atoms with van der Waals surface area (Å²) in [6.45, 7) is 4.78. The zero-order valence-electron chi connectivity index (χ0n) is 20.4. The third kappa shape index (κ3) is 7.00. The number of nitro benzene ring substituents is 1. The van der Waals surface area contributed by atoms with E-state index in [2.05, 4.69) is 9.80 Å². The van der Waals surface area contributed by atoms with Crippen LogP contribution in [0, 0.1) is 10.1 Å². The topological polar surface area (TPSA) is 79.2 Å². The van der Waals surface area contributed by atoms with E-state index in [0.717, 1.165) is 37.9 Å². The van der Waals surface area contributed by atoms with E-state index >= 15 is 0 Å². The minimum atomic E-state index is -4.87. The van der Waals surface area contributed by atoms with Gasteiger partial charge in [0.2, 0.25) is 5.91 Å². The quantitative estimate of drug-likeness (QED) is 0.321. The molecule has 38 heavy (non-hydrogen) atoms. The minimum Gasteiger partial charge on any atom is -0.490 e. The molecule has 2 fully saturated rings. The number of nitro groups is 1. The van der Waals surface area contributed by atoms with Gasteiger partial charge in [0.15, 0.2) is 0 Å². The van der Waals surface area contributed by atoms with Crippen LogP contribution in [0.15, 0.2) is 36.4 Å². The average molecular weight is 575 g/mol. The molecule has 1 amide bonds. The third-order valence-corrected chi connectivity index (χ3v) is 7.59. The first-order valence-corrected chi connectivity index (χ1v) is 13.0. The Labute approximate surface area is 228 Å². The Balaban J connectivity index is 1.21. The third-order valence-electron chi connectivity index (χ3n) is 6.85. The number of hydrogen-bond donors (Lipinski definition) is 0. The summed E-state index contributed by atoms with van der Waals surface area (Å²) in [4.78, 5) is 28.8. The highest BCUT2D eigenvalue weighted by atomic mass is 35.5. The van der Waals surface area contributed by atoms with Crippen LogP contribution in [0.3, 0.4) is 0 Å². The molecule has 0 atom stereocenters. The lowest BCUT2D eigenvalue weighted by molar-refractivity contribution is -0.388. The number of amides is 1. The first kappa shape index (κ1) is 28.3. The Morgan fingerprint density at radius 2 is 1.68 bits per heavy atom. The van der Waals surface area contributed by atoms with Crippen LogP contribution >= 0.6 is 23.2 Å². The number of carbonyl (C=O) groups excluding carboxylic acids is 1. The Kier molecular flexibility index (Phi) is 8.89. The molecule has 0 saturated carbocycles. The van der Waals surface area contributed by atoms with Gasteiger partial charge >= 0.3 is 6.18 Å². The van der Waals surface area contributed by atoms with Gasteiger partial charge in [-0.15, -0.1) is 0 Å². The summed E-state index contributed by atoms with van der Waals surface area (Å²) in [6.07, 6.45) is -3.93. The smallest absolute Gasteiger partial charge is 0.423 e. The van der Waals surface area contributed by atoms with Gasteiger partial charge in [-0.25, -0.2) is 0 Å². The Morgan fingerprint density at radius 1 is 1.00 bits per heavy atom. The molecule has 0 aromatic heterocycles. The van der Waals surface area contributed by atoms with Crippen LogP contribution in [-0.2, 0) is 11.0 Å². The molecule has 0 unspecified atom stereocenters. The Morgan fingerprint density at radius 3 is 2.29 bits per heavy atom. The number of benzene rings is 2. The number of piperidine rings is 1. The standard InChI is InChI=1S/C25H27Cl2F3N4O4/c26-21-3-1-17(15-22(21)27)32-13-11-31(12-14-32)8-7-24(35)33-9-5-18(6-10-33)38-19-2-4-23(34(36)37)20(16-19)25(28,29)30/h1-4,15-16,18H,5-14H2. The molecule has 8 nitrogen and oxygen atoms in total. The fraction of sp³-hybridized carbons (Fsp3) is 0.480. The summed E-state index contributed by atoms with van der Waals surface area (Å²) in [5.74, 6) is -0.0437. The zero-order chi connectivity index (χ0) is 27.4. The first-order valence-electron chi connectivity index (χ1n) is 12.2. The number of nitrogens with zero attached hydrogens (tertiary/aromatic N) is 4. The number of hydrogen-bond acceptors (Lipinski definition) is 6. The number of alkyl halides is 3. The van der Waals surface area contributed by atoms with Crippen LogP contribution in [-0.4, -0.2) is 72.5 Å². The van der Waals surface area contributed by atoms with Gasteiger partial charge in [0, 0.05) is 76.8 Å². The van der Waals surface area contributed by atoms with Crippen LogP contribution in [0.1, 0.15) is 24.8 Å². The van der Waals surface area contributed by atoms with Gasteiger partial charge in [-0.2, -0.15) is 13.2 Å². The SMILES string of the molecule is O=C(CCN1CCN(c2ccc(Cl)c(Cl)c2)CC1)N1CCC(Oc2ccc([N+](=O)[O-])c(C(F)(F)F)c2)CC1. The van der Waals surface area contributed by atoms with Crippen molar-refractivity contribution < 1.29 is 27.6 Å². The number of carbonyl (C=O) groups is 1. The summed E-state index contributed by atoms with van der Waals surface area (Å²) in [5, 5.41) is 12.0. The highest BCUT2D eigenvalue weighted by Gasteiger charge is 2.39. The van der Waals surface area contributed by atoms with E-state index < -0.39 is 22.4 Å². The van der Waals surface area contributed by atoms with Crippen LogP contribution in [0.25, 0.3) is 0 Å². The van der Waals surface area contributed by atoms with Gasteiger partial charge < -0.3 is 14.5 Å². The number of anilines is 1. The molecule has 0 spiro atoms. The lowest BCUT2D eigenvalue weighted by Crippen LogP contribution is -2.48. The number of halogens is 5. The second-order valence-electron chi connectivity index (χ2n) is 9.31. The monoisotopic (exact) mass is 574 g/mol. The molecule has 2 heterocycles. The zero-order valence-corrected chi connectivity index (χ0v) is 21.9. The summed E-state index contributed by atoms with van der Waals surface area (Å²) >= 11 is 12.1. The van der Waals surface area contributed by atoms with Crippen molar-refractivity contribution in [3.8, 4) is 5.75 Å². The van der Waals surface area contributed by atoms with E-state index in [1.54, 1.807) is 11.0 Å². The Hall–Kier alpha value is -2.76. The van der Waals surface area contributed by atoms with E-state index in [0.29, 0.717) is 55.0 Å². The largest absolute Gasteiger partial charge is 0.490 e. The fourth-order valence-electron chi connectivity index (χ4n) is 4.71. The van der Waals surface area contributed by atoms with Crippen LogP contribution < -0.4 is 9.64 Å². The minimum absolute atomic E-state index is 0.0325. The van der Waals surface area contributed by atoms with Crippen LogP contribution in [0.2, 0.25) is 10.0 Å². The van der Waals surface area contributed by atoms with Gasteiger partial charge in [0.05, 0.1) is 15.0 Å². The lowest BCUT2D eigenvalue weighted by atomic mass is 10.1. The van der Waals surface area contributed by atoms with E-state index in [-0.39, 0.29) is 17.8 Å². The highest BCUT2D eigenvalue weighted by Crippen LogP contribution is 2.38. The molecule has 0 radical (unpaired) electrons. The molecular weight excluding hydrogens is 548 g/mol. The molecule has 0 bridgehead atoms. The average Bonchev–Trinajstić information content (AvgIpc) is 2.89. The second kappa shape index (κ2) is 12.0. The van der Waals surface area contributed by atoms with E-state index in [4.69, 9.17) is 27.9 Å². The summed E-state index contributed by atoms with van der Waals surface area (Å²) in [7, 11) is 0.